The Labute approximate surface area is 91.7 Å². The fourth-order valence-corrected chi connectivity index (χ4v) is 1.57. The van der Waals surface area contributed by atoms with Gasteiger partial charge in [-0.1, -0.05) is 44.2 Å². The summed E-state index contributed by atoms with van der Waals surface area (Å²) in [5.74, 6) is 0.201. The molecule has 0 bridgehead atoms. The molecule has 0 heterocycles. The van der Waals surface area contributed by atoms with Crippen LogP contribution in [-0.2, 0) is 11.2 Å². The average Bonchev–Trinajstić information content (AvgIpc) is 2.17. The normalized spacial score (nSPS) is 12.8. The maximum Gasteiger partial charge on any atom is 0.147 e. The van der Waals surface area contributed by atoms with Gasteiger partial charge in [0.05, 0.1) is 6.04 Å². The number of nitrogens with one attached hydrogen (secondary N) is 1. The van der Waals surface area contributed by atoms with Crippen molar-refractivity contribution in [3.05, 3.63) is 35.9 Å². The molecule has 0 aliphatic rings. The van der Waals surface area contributed by atoms with E-state index in [4.69, 9.17) is 0 Å². The predicted molar refractivity (Wildman–Crippen MR) is 62.9 cm³/mol. The van der Waals surface area contributed by atoms with Crippen LogP contribution in [0.1, 0.15) is 26.3 Å². The first kappa shape index (κ1) is 11.9. The molecule has 1 aromatic rings. The molecular formula is C13H19NO. The molecule has 0 aromatic heterocycles. The molecule has 1 atom stereocenters. The second kappa shape index (κ2) is 5.66. The van der Waals surface area contributed by atoms with Crippen molar-refractivity contribution in [1.29, 1.82) is 0 Å². The molecule has 1 aromatic carbocycles. The number of carbonyl (C=O) groups is 1. The van der Waals surface area contributed by atoms with E-state index in [1.165, 1.54) is 5.56 Å². The standard InChI is InChI=1S/C13H19NO/c1-10(2)14-13(11(3)15)9-12-7-5-4-6-8-12/h4-8,10,13-14H,9H2,1-3H3/t13-/m0/s1. The molecule has 2 nitrogen and oxygen atoms in total. The van der Waals surface area contributed by atoms with Crippen LogP contribution in [0.25, 0.3) is 0 Å². The summed E-state index contributed by atoms with van der Waals surface area (Å²) in [5.41, 5.74) is 1.20. The Morgan fingerprint density at radius 1 is 1.27 bits per heavy atom. The van der Waals surface area contributed by atoms with Crippen molar-refractivity contribution >= 4 is 5.78 Å². The Bertz CT molecular complexity index is 306. The van der Waals surface area contributed by atoms with Crippen molar-refractivity contribution in [2.75, 3.05) is 0 Å². The van der Waals surface area contributed by atoms with Crippen LogP contribution in [0, 0.1) is 0 Å². The Balaban J connectivity index is 2.63. The summed E-state index contributed by atoms with van der Waals surface area (Å²) in [4.78, 5) is 11.4. The zero-order chi connectivity index (χ0) is 11.3. The molecule has 0 aliphatic heterocycles. The largest absolute Gasteiger partial charge is 0.305 e. The van der Waals surface area contributed by atoms with Crippen molar-refractivity contribution < 1.29 is 4.79 Å². The minimum absolute atomic E-state index is 0.0626. The molecule has 0 radical (unpaired) electrons. The summed E-state index contributed by atoms with van der Waals surface area (Å²) in [5, 5.41) is 3.28. The second-order valence-corrected chi connectivity index (χ2v) is 4.17. The Morgan fingerprint density at radius 3 is 2.33 bits per heavy atom. The molecule has 0 fully saturated rings. The minimum atomic E-state index is -0.0626. The molecule has 1 rings (SSSR count). The predicted octanol–water partition coefficient (Wildman–Crippen LogP) is 2.18. The van der Waals surface area contributed by atoms with Crippen molar-refractivity contribution in [3.63, 3.8) is 0 Å². The molecule has 2 heteroatoms. The Hall–Kier alpha value is -1.15. The summed E-state index contributed by atoms with van der Waals surface area (Å²) in [6, 6.07) is 10.4. The number of hydrogen-bond acceptors (Lipinski definition) is 2. The maximum absolute atomic E-state index is 11.4. The van der Waals surface area contributed by atoms with Gasteiger partial charge in [-0.15, -0.1) is 0 Å². The number of benzene rings is 1. The molecule has 0 spiro atoms. The van der Waals surface area contributed by atoms with E-state index in [0.717, 1.165) is 6.42 Å². The van der Waals surface area contributed by atoms with Gasteiger partial charge in [-0.2, -0.15) is 0 Å². The van der Waals surface area contributed by atoms with Crippen molar-refractivity contribution in [2.45, 2.75) is 39.3 Å². The highest BCUT2D eigenvalue weighted by molar-refractivity contribution is 5.81. The van der Waals surface area contributed by atoms with Gasteiger partial charge in [0.2, 0.25) is 0 Å². The summed E-state index contributed by atoms with van der Waals surface area (Å²) in [6.07, 6.45) is 0.772. The Morgan fingerprint density at radius 2 is 1.87 bits per heavy atom. The Kier molecular flexibility index (Phi) is 4.50. The van der Waals surface area contributed by atoms with Gasteiger partial charge in [0, 0.05) is 6.04 Å². The number of rotatable bonds is 5. The van der Waals surface area contributed by atoms with Crippen LogP contribution in [0.4, 0.5) is 0 Å². The lowest BCUT2D eigenvalue weighted by molar-refractivity contribution is -0.119. The highest BCUT2D eigenvalue weighted by atomic mass is 16.1. The molecule has 1 N–H and O–H groups in total. The lowest BCUT2D eigenvalue weighted by Gasteiger charge is -2.18. The molecule has 0 saturated carbocycles. The zero-order valence-corrected chi connectivity index (χ0v) is 9.66. The van der Waals surface area contributed by atoms with E-state index in [0.29, 0.717) is 6.04 Å². The third-order valence-corrected chi connectivity index (χ3v) is 2.31. The van der Waals surface area contributed by atoms with E-state index in [-0.39, 0.29) is 11.8 Å². The number of hydrogen-bond donors (Lipinski definition) is 1. The fourth-order valence-electron chi connectivity index (χ4n) is 1.57. The van der Waals surface area contributed by atoms with Gasteiger partial charge in [0.15, 0.2) is 0 Å². The van der Waals surface area contributed by atoms with Crippen LogP contribution in [0.5, 0.6) is 0 Å². The third-order valence-electron chi connectivity index (χ3n) is 2.31. The highest BCUT2D eigenvalue weighted by Gasteiger charge is 2.14. The minimum Gasteiger partial charge on any atom is -0.305 e. The first-order valence-corrected chi connectivity index (χ1v) is 5.40. The van der Waals surface area contributed by atoms with Crippen LogP contribution < -0.4 is 5.32 Å². The van der Waals surface area contributed by atoms with E-state index in [1.807, 2.05) is 18.2 Å². The molecule has 0 amide bonds. The average molecular weight is 205 g/mol. The van der Waals surface area contributed by atoms with Gasteiger partial charge in [-0.05, 0) is 18.9 Å². The van der Waals surface area contributed by atoms with Crippen LogP contribution in [-0.4, -0.2) is 17.9 Å². The van der Waals surface area contributed by atoms with Crippen LogP contribution >= 0.6 is 0 Å². The quantitative estimate of drug-likeness (QED) is 0.798. The maximum atomic E-state index is 11.4. The van der Waals surface area contributed by atoms with Crippen molar-refractivity contribution in [1.82, 2.24) is 5.32 Å². The van der Waals surface area contributed by atoms with Gasteiger partial charge in [0.25, 0.3) is 0 Å². The van der Waals surface area contributed by atoms with Crippen LogP contribution in [0.3, 0.4) is 0 Å². The first-order valence-electron chi connectivity index (χ1n) is 5.40. The van der Waals surface area contributed by atoms with Crippen LogP contribution in [0.2, 0.25) is 0 Å². The summed E-state index contributed by atoms with van der Waals surface area (Å²) >= 11 is 0. The molecular weight excluding hydrogens is 186 g/mol. The molecule has 0 aliphatic carbocycles. The lowest BCUT2D eigenvalue weighted by atomic mass is 10.0. The number of ketones is 1. The highest BCUT2D eigenvalue weighted by Crippen LogP contribution is 2.04. The number of Topliss-reactive ketones (excluding diaryl/α,β-unsaturated/α-hetero) is 1. The third kappa shape index (κ3) is 4.26. The van der Waals surface area contributed by atoms with Crippen molar-refractivity contribution in [3.8, 4) is 0 Å². The lowest BCUT2D eigenvalue weighted by Crippen LogP contribution is -2.41. The van der Waals surface area contributed by atoms with E-state index < -0.39 is 0 Å². The van der Waals surface area contributed by atoms with Crippen LogP contribution in [0.15, 0.2) is 30.3 Å². The first-order chi connectivity index (χ1) is 7.09. The van der Waals surface area contributed by atoms with Gasteiger partial charge in [0.1, 0.15) is 5.78 Å². The second-order valence-electron chi connectivity index (χ2n) is 4.17. The monoisotopic (exact) mass is 205 g/mol. The molecule has 0 saturated heterocycles. The van der Waals surface area contributed by atoms with E-state index >= 15 is 0 Å². The molecule has 15 heavy (non-hydrogen) atoms. The molecule has 82 valence electrons. The molecule has 0 unspecified atom stereocenters. The SMILES string of the molecule is CC(=O)[C@H](Cc1ccccc1)NC(C)C. The summed E-state index contributed by atoms with van der Waals surface area (Å²) < 4.78 is 0. The van der Waals surface area contributed by atoms with E-state index in [9.17, 15) is 4.79 Å². The van der Waals surface area contributed by atoms with Gasteiger partial charge >= 0.3 is 0 Å². The van der Waals surface area contributed by atoms with Crippen molar-refractivity contribution in [2.24, 2.45) is 0 Å². The van der Waals surface area contributed by atoms with E-state index in [1.54, 1.807) is 6.92 Å². The zero-order valence-electron chi connectivity index (χ0n) is 9.66. The number of carbonyl (C=O) groups excluding carboxylic acids is 1. The fraction of sp³-hybridized carbons (Fsp3) is 0.462. The van der Waals surface area contributed by atoms with Gasteiger partial charge in [-0.3, -0.25) is 4.79 Å². The summed E-state index contributed by atoms with van der Waals surface area (Å²) in [7, 11) is 0. The smallest absolute Gasteiger partial charge is 0.147 e. The van der Waals surface area contributed by atoms with Gasteiger partial charge < -0.3 is 5.32 Å². The van der Waals surface area contributed by atoms with E-state index in [2.05, 4.69) is 31.3 Å². The summed E-state index contributed by atoms with van der Waals surface area (Å²) in [6.45, 7) is 5.75. The van der Waals surface area contributed by atoms with Gasteiger partial charge in [-0.25, -0.2) is 0 Å². The topological polar surface area (TPSA) is 29.1 Å².